The molecule has 0 aliphatic heterocycles. The number of carboxylic acid groups (broad SMARTS) is 1. The van der Waals surface area contributed by atoms with Gasteiger partial charge in [0.05, 0.1) is 11.4 Å². The molecule has 1 rings (SSSR count). The maximum absolute atomic E-state index is 12.1. The van der Waals surface area contributed by atoms with E-state index in [0.717, 1.165) is 0 Å². The SMILES string of the molecule is Cc1ccc(OC(F)F)c(CC(=O)O)c1Cl. The highest BCUT2D eigenvalue weighted by Gasteiger charge is 2.16. The zero-order valence-corrected chi connectivity index (χ0v) is 9.09. The van der Waals surface area contributed by atoms with Gasteiger partial charge in [-0.2, -0.15) is 8.78 Å². The van der Waals surface area contributed by atoms with Crippen molar-refractivity contribution in [2.75, 3.05) is 0 Å². The molecule has 88 valence electrons. The van der Waals surface area contributed by atoms with Gasteiger partial charge in [0.1, 0.15) is 5.75 Å². The number of ether oxygens (including phenoxy) is 1. The van der Waals surface area contributed by atoms with Crippen molar-refractivity contribution in [3.8, 4) is 5.75 Å². The highest BCUT2D eigenvalue weighted by atomic mass is 35.5. The number of rotatable bonds is 4. The zero-order chi connectivity index (χ0) is 12.3. The van der Waals surface area contributed by atoms with Gasteiger partial charge in [-0.25, -0.2) is 0 Å². The second kappa shape index (κ2) is 5.12. The predicted octanol–water partition coefficient (Wildman–Crippen LogP) is 2.88. The molecule has 0 atom stereocenters. The van der Waals surface area contributed by atoms with E-state index in [1.165, 1.54) is 12.1 Å². The van der Waals surface area contributed by atoms with E-state index in [2.05, 4.69) is 4.74 Å². The van der Waals surface area contributed by atoms with Crippen LogP contribution >= 0.6 is 11.6 Å². The molecule has 0 saturated carbocycles. The third kappa shape index (κ3) is 3.06. The molecule has 6 heteroatoms. The van der Waals surface area contributed by atoms with Gasteiger partial charge in [-0.1, -0.05) is 17.7 Å². The van der Waals surface area contributed by atoms with E-state index in [4.69, 9.17) is 16.7 Å². The quantitative estimate of drug-likeness (QED) is 0.894. The van der Waals surface area contributed by atoms with Gasteiger partial charge < -0.3 is 9.84 Å². The number of hydrogen-bond donors (Lipinski definition) is 1. The summed E-state index contributed by atoms with van der Waals surface area (Å²) in [4.78, 5) is 10.6. The van der Waals surface area contributed by atoms with Crippen molar-refractivity contribution in [1.29, 1.82) is 0 Å². The minimum absolute atomic E-state index is 0.0643. The molecule has 0 spiro atoms. The summed E-state index contributed by atoms with van der Waals surface area (Å²) < 4.78 is 28.3. The molecule has 1 aromatic rings. The molecule has 0 amide bonds. The summed E-state index contributed by atoms with van der Waals surface area (Å²) in [5, 5.41) is 8.78. The monoisotopic (exact) mass is 250 g/mol. The summed E-state index contributed by atoms with van der Waals surface area (Å²) in [5.41, 5.74) is 0.675. The van der Waals surface area contributed by atoms with Gasteiger partial charge in [0.15, 0.2) is 0 Å². The molecule has 0 bridgehead atoms. The Labute approximate surface area is 95.6 Å². The highest BCUT2D eigenvalue weighted by Crippen LogP contribution is 2.31. The van der Waals surface area contributed by atoms with Gasteiger partial charge in [0.2, 0.25) is 0 Å². The van der Waals surface area contributed by atoms with Crippen LogP contribution in [0.15, 0.2) is 12.1 Å². The molecule has 16 heavy (non-hydrogen) atoms. The molecule has 0 aliphatic carbocycles. The van der Waals surface area contributed by atoms with Gasteiger partial charge in [0, 0.05) is 5.56 Å². The fraction of sp³-hybridized carbons (Fsp3) is 0.300. The lowest BCUT2D eigenvalue weighted by Crippen LogP contribution is -2.08. The minimum atomic E-state index is -3.01. The second-order valence-electron chi connectivity index (χ2n) is 3.12. The highest BCUT2D eigenvalue weighted by molar-refractivity contribution is 6.32. The van der Waals surface area contributed by atoms with Gasteiger partial charge in [-0.3, -0.25) is 4.79 Å². The van der Waals surface area contributed by atoms with Gasteiger partial charge in [-0.05, 0) is 18.6 Å². The average molecular weight is 251 g/mol. The van der Waals surface area contributed by atoms with Crippen LogP contribution in [0.2, 0.25) is 5.02 Å². The number of alkyl halides is 2. The number of hydrogen-bond acceptors (Lipinski definition) is 2. The van der Waals surface area contributed by atoms with Crippen LogP contribution in [0.4, 0.5) is 8.78 Å². The minimum Gasteiger partial charge on any atom is -0.481 e. The first-order valence-electron chi connectivity index (χ1n) is 4.36. The first-order chi connectivity index (χ1) is 7.41. The lowest BCUT2D eigenvalue weighted by Gasteiger charge is -2.12. The molecule has 0 unspecified atom stereocenters. The van der Waals surface area contributed by atoms with Crippen LogP contribution in [-0.4, -0.2) is 17.7 Å². The fourth-order valence-electron chi connectivity index (χ4n) is 1.24. The summed E-state index contributed by atoms with van der Waals surface area (Å²) in [7, 11) is 0. The summed E-state index contributed by atoms with van der Waals surface area (Å²) in [6, 6.07) is 2.77. The number of carbonyl (C=O) groups is 1. The van der Waals surface area contributed by atoms with Crippen molar-refractivity contribution >= 4 is 17.6 Å². The summed E-state index contributed by atoms with van der Waals surface area (Å²) in [5.74, 6) is -1.36. The van der Waals surface area contributed by atoms with Gasteiger partial charge >= 0.3 is 12.6 Å². The van der Waals surface area contributed by atoms with E-state index in [9.17, 15) is 13.6 Å². The Hall–Kier alpha value is -1.36. The van der Waals surface area contributed by atoms with Crippen LogP contribution in [0.5, 0.6) is 5.75 Å². The zero-order valence-electron chi connectivity index (χ0n) is 8.34. The number of benzene rings is 1. The van der Waals surface area contributed by atoms with Crippen LogP contribution < -0.4 is 4.74 Å². The molecule has 0 aliphatic rings. The molecule has 1 aromatic carbocycles. The van der Waals surface area contributed by atoms with Crippen molar-refractivity contribution in [1.82, 2.24) is 0 Å². The Morgan fingerprint density at radius 1 is 1.56 bits per heavy atom. The average Bonchev–Trinajstić information content (AvgIpc) is 2.16. The first-order valence-corrected chi connectivity index (χ1v) is 4.74. The molecule has 0 aromatic heterocycles. The molecule has 0 radical (unpaired) electrons. The second-order valence-corrected chi connectivity index (χ2v) is 3.50. The van der Waals surface area contributed by atoms with Crippen LogP contribution in [0.25, 0.3) is 0 Å². The molecular formula is C10H9ClF2O3. The lowest BCUT2D eigenvalue weighted by atomic mass is 10.1. The molecule has 0 fully saturated rings. The van der Waals surface area contributed by atoms with Gasteiger partial charge in [-0.15, -0.1) is 0 Å². The summed E-state index contributed by atoms with van der Waals surface area (Å²) in [6.07, 6.45) is -0.456. The maximum Gasteiger partial charge on any atom is 0.387 e. The van der Waals surface area contributed by atoms with Gasteiger partial charge in [0.25, 0.3) is 0 Å². The topological polar surface area (TPSA) is 46.5 Å². The van der Waals surface area contributed by atoms with Crippen molar-refractivity contribution in [3.05, 3.63) is 28.3 Å². The predicted molar refractivity (Wildman–Crippen MR) is 54.2 cm³/mol. The van der Waals surface area contributed by atoms with Crippen LogP contribution in [0.3, 0.4) is 0 Å². The smallest absolute Gasteiger partial charge is 0.387 e. The standard InChI is InChI=1S/C10H9ClF2O3/c1-5-2-3-7(16-10(12)13)6(9(5)11)4-8(14)15/h2-3,10H,4H2,1H3,(H,14,15). The van der Waals surface area contributed by atoms with Crippen LogP contribution in [0, 0.1) is 6.92 Å². The Kier molecular flexibility index (Phi) is 4.06. The van der Waals surface area contributed by atoms with Crippen molar-refractivity contribution in [2.45, 2.75) is 20.0 Å². The third-order valence-electron chi connectivity index (χ3n) is 1.94. The van der Waals surface area contributed by atoms with E-state index in [1.54, 1.807) is 6.92 Å². The van der Waals surface area contributed by atoms with E-state index in [1.807, 2.05) is 0 Å². The Bertz CT molecular complexity index is 407. The molecule has 1 N–H and O–H groups in total. The first kappa shape index (κ1) is 12.7. The summed E-state index contributed by atoms with van der Waals surface area (Å²) >= 11 is 5.84. The van der Waals surface area contributed by atoms with E-state index in [-0.39, 0.29) is 16.3 Å². The van der Waals surface area contributed by atoms with Crippen LogP contribution in [0.1, 0.15) is 11.1 Å². The molecule has 0 saturated heterocycles. The lowest BCUT2D eigenvalue weighted by molar-refractivity contribution is -0.136. The van der Waals surface area contributed by atoms with Crippen LogP contribution in [-0.2, 0) is 11.2 Å². The van der Waals surface area contributed by atoms with Crippen molar-refractivity contribution in [3.63, 3.8) is 0 Å². The Balaban J connectivity index is 3.15. The van der Waals surface area contributed by atoms with E-state index >= 15 is 0 Å². The van der Waals surface area contributed by atoms with E-state index < -0.39 is 19.0 Å². The summed E-state index contributed by atoms with van der Waals surface area (Å²) in [6.45, 7) is -1.36. The fourth-order valence-corrected chi connectivity index (χ4v) is 1.47. The molecular weight excluding hydrogens is 242 g/mol. The largest absolute Gasteiger partial charge is 0.481 e. The maximum atomic E-state index is 12.1. The Morgan fingerprint density at radius 2 is 2.19 bits per heavy atom. The molecule has 0 heterocycles. The normalized spacial score (nSPS) is 10.6. The van der Waals surface area contributed by atoms with Crippen molar-refractivity contribution < 1.29 is 23.4 Å². The number of carboxylic acids is 1. The number of aryl methyl sites for hydroxylation is 1. The van der Waals surface area contributed by atoms with E-state index in [0.29, 0.717) is 5.56 Å². The number of halogens is 3. The number of aliphatic carboxylic acids is 1. The third-order valence-corrected chi connectivity index (χ3v) is 2.46. The van der Waals surface area contributed by atoms with Crippen molar-refractivity contribution in [2.24, 2.45) is 0 Å². The Morgan fingerprint density at radius 3 is 2.69 bits per heavy atom. The molecule has 3 nitrogen and oxygen atoms in total.